The van der Waals surface area contributed by atoms with E-state index in [1.54, 1.807) is 29.2 Å². The Morgan fingerprint density at radius 3 is 3.05 bits per heavy atom. The van der Waals surface area contributed by atoms with Crippen molar-refractivity contribution in [2.24, 2.45) is 0 Å². The number of amides is 2. The maximum Gasteiger partial charge on any atom is 0.317 e. The van der Waals surface area contributed by atoms with Gasteiger partial charge in [-0.1, -0.05) is 12.1 Å². The lowest BCUT2D eigenvalue weighted by molar-refractivity contribution is 0.0818. The first-order valence-electron chi connectivity index (χ1n) is 7.25. The molecule has 1 atom stereocenters. The van der Waals surface area contributed by atoms with Crippen molar-refractivity contribution in [2.45, 2.75) is 31.9 Å². The lowest BCUT2D eigenvalue weighted by atomic mass is 10.1. The van der Waals surface area contributed by atoms with E-state index in [4.69, 9.17) is 4.74 Å². The number of halogens is 2. The van der Waals surface area contributed by atoms with Crippen LogP contribution in [0, 0.1) is 0 Å². The van der Waals surface area contributed by atoms with Gasteiger partial charge in [-0.2, -0.15) is 0 Å². The van der Waals surface area contributed by atoms with Crippen molar-refractivity contribution < 1.29 is 23.4 Å². The van der Waals surface area contributed by atoms with Crippen LogP contribution < -0.4 is 10.1 Å². The van der Waals surface area contributed by atoms with E-state index >= 15 is 0 Å². The minimum Gasteiger partial charge on any atom is -0.488 e. The fourth-order valence-corrected chi connectivity index (χ4v) is 2.33. The van der Waals surface area contributed by atoms with E-state index in [9.17, 15) is 18.7 Å². The average molecular weight is 314 g/mol. The Morgan fingerprint density at radius 1 is 1.50 bits per heavy atom. The molecule has 1 unspecified atom stereocenters. The van der Waals surface area contributed by atoms with E-state index in [2.05, 4.69) is 5.32 Å². The van der Waals surface area contributed by atoms with Crippen molar-refractivity contribution in [3.8, 4) is 5.75 Å². The van der Waals surface area contributed by atoms with Crippen LogP contribution in [0.25, 0.3) is 0 Å². The van der Waals surface area contributed by atoms with Gasteiger partial charge in [-0.15, -0.1) is 0 Å². The number of nitrogens with zero attached hydrogens (tertiary/aromatic N) is 1. The third-order valence-corrected chi connectivity index (χ3v) is 3.40. The normalized spacial score (nSPS) is 18.4. The second-order valence-electron chi connectivity index (χ2n) is 5.25. The third kappa shape index (κ3) is 5.14. The minimum atomic E-state index is -2.52. The summed E-state index contributed by atoms with van der Waals surface area (Å²) in [6, 6.07) is 6.44. The molecule has 1 fully saturated rings. The highest BCUT2D eigenvalue weighted by Crippen LogP contribution is 2.15. The summed E-state index contributed by atoms with van der Waals surface area (Å²) in [6.45, 7) is 0.586. The smallest absolute Gasteiger partial charge is 0.317 e. The van der Waals surface area contributed by atoms with Gasteiger partial charge in [0.1, 0.15) is 12.4 Å². The monoisotopic (exact) mass is 314 g/mol. The molecule has 1 aromatic carbocycles. The summed E-state index contributed by atoms with van der Waals surface area (Å²) < 4.78 is 29.1. The number of nitrogens with one attached hydrogen (secondary N) is 1. The summed E-state index contributed by atoms with van der Waals surface area (Å²) in [5.74, 6) is 0.348. The van der Waals surface area contributed by atoms with Gasteiger partial charge in [-0.25, -0.2) is 13.6 Å². The number of aliphatic hydroxyl groups is 1. The molecule has 1 aliphatic rings. The van der Waals surface area contributed by atoms with Crippen LogP contribution in [0.3, 0.4) is 0 Å². The van der Waals surface area contributed by atoms with Gasteiger partial charge in [0.2, 0.25) is 0 Å². The lowest BCUT2D eigenvalue weighted by Gasteiger charge is -2.30. The molecule has 2 amide bonds. The largest absolute Gasteiger partial charge is 0.488 e. The molecule has 2 N–H and O–H groups in total. The number of piperidine rings is 1. The highest BCUT2D eigenvalue weighted by Gasteiger charge is 2.21. The Labute approximate surface area is 127 Å². The van der Waals surface area contributed by atoms with Gasteiger partial charge >= 0.3 is 6.03 Å². The van der Waals surface area contributed by atoms with Crippen LogP contribution in [0.5, 0.6) is 5.75 Å². The fraction of sp³-hybridized carbons (Fsp3) is 0.533. The van der Waals surface area contributed by atoms with Gasteiger partial charge < -0.3 is 20.1 Å². The Morgan fingerprint density at radius 2 is 2.32 bits per heavy atom. The van der Waals surface area contributed by atoms with Crippen molar-refractivity contribution >= 4 is 6.03 Å². The van der Waals surface area contributed by atoms with Crippen molar-refractivity contribution in [3.63, 3.8) is 0 Å². The summed E-state index contributed by atoms with van der Waals surface area (Å²) in [4.78, 5) is 13.6. The van der Waals surface area contributed by atoms with E-state index in [0.29, 0.717) is 25.3 Å². The molecule has 0 bridgehead atoms. The van der Waals surface area contributed by atoms with E-state index in [1.807, 2.05) is 0 Å². The molecular weight excluding hydrogens is 294 g/mol. The maximum atomic E-state index is 12.1. The zero-order chi connectivity index (χ0) is 15.9. The molecule has 22 heavy (non-hydrogen) atoms. The number of aliphatic hydroxyl groups excluding tert-OH is 1. The van der Waals surface area contributed by atoms with Gasteiger partial charge in [0, 0.05) is 19.6 Å². The van der Waals surface area contributed by atoms with E-state index < -0.39 is 19.1 Å². The van der Waals surface area contributed by atoms with Crippen LogP contribution in [0.2, 0.25) is 0 Å². The van der Waals surface area contributed by atoms with Gasteiger partial charge in [-0.05, 0) is 30.5 Å². The number of β-amino-alcohol motifs (C(OH)–C–C–N with tert-alkyl or cyclic N) is 1. The maximum absolute atomic E-state index is 12.1. The van der Waals surface area contributed by atoms with Crippen LogP contribution >= 0.6 is 0 Å². The minimum absolute atomic E-state index is 0.238. The van der Waals surface area contributed by atoms with Crippen molar-refractivity contribution in [1.82, 2.24) is 10.2 Å². The van der Waals surface area contributed by atoms with Crippen molar-refractivity contribution in [2.75, 3.05) is 19.7 Å². The van der Waals surface area contributed by atoms with Crippen LogP contribution in [-0.2, 0) is 6.54 Å². The summed E-state index contributed by atoms with van der Waals surface area (Å²) in [7, 11) is 0. The number of carbonyl (C=O) groups excluding carboxylic acids is 1. The van der Waals surface area contributed by atoms with Crippen molar-refractivity contribution in [1.29, 1.82) is 0 Å². The second kappa shape index (κ2) is 7.93. The Hall–Kier alpha value is -1.89. The number of benzene rings is 1. The molecule has 0 spiro atoms. The molecule has 5 nitrogen and oxygen atoms in total. The first-order chi connectivity index (χ1) is 10.5. The Balaban J connectivity index is 1.83. The molecule has 0 saturated carbocycles. The molecule has 0 aliphatic carbocycles. The van der Waals surface area contributed by atoms with E-state index in [0.717, 1.165) is 12.0 Å². The SMILES string of the molecule is O=C(NCc1cccc(OCC(F)F)c1)N1CCCC(O)C1. The number of carbonyl (C=O) groups is 1. The molecule has 2 rings (SSSR count). The zero-order valence-corrected chi connectivity index (χ0v) is 12.2. The highest BCUT2D eigenvalue weighted by molar-refractivity contribution is 5.74. The third-order valence-electron chi connectivity index (χ3n) is 3.40. The van der Waals surface area contributed by atoms with E-state index in [1.165, 1.54) is 0 Å². The average Bonchev–Trinajstić information content (AvgIpc) is 2.51. The van der Waals surface area contributed by atoms with Gasteiger partial charge in [0.05, 0.1) is 6.10 Å². The summed E-state index contributed by atoms with van der Waals surface area (Å²) >= 11 is 0. The first kappa shape index (κ1) is 16.5. The topological polar surface area (TPSA) is 61.8 Å². The number of urea groups is 1. The molecule has 0 aromatic heterocycles. The number of alkyl halides is 2. The number of likely N-dealkylation sites (tertiary alicyclic amines) is 1. The molecule has 1 aliphatic heterocycles. The number of ether oxygens (including phenoxy) is 1. The molecule has 7 heteroatoms. The molecular formula is C15H20F2N2O3. The number of hydrogen-bond acceptors (Lipinski definition) is 3. The number of hydrogen-bond donors (Lipinski definition) is 2. The lowest BCUT2D eigenvalue weighted by Crippen LogP contribution is -2.46. The first-order valence-corrected chi connectivity index (χ1v) is 7.25. The van der Waals surface area contributed by atoms with Crippen LogP contribution in [-0.4, -0.2) is 48.3 Å². The fourth-order valence-electron chi connectivity index (χ4n) is 2.33. The predicted octanol–water partition coefficient (Wildman–Crippen LogP) is 2.00. The molecule has 1 aromatic rings. The van der Waals surface area contributed by atoms with Gasteiger partial charge in [0.25, 0.3) is 6.43 Å². The standard InChI is InChI=1S/C15H20F2N2O3/c16-14(17)10-22-13-5-1-3-11(7-13)8-18-15(21)19-6-2-4-12(20)9-19/h1,3,5,7,12,14,20H,2,4,6,8-10H2,(H,18,21). The molecule has 1 saturated heterocycles. The predicted molar refractivity (Wildman–Crippen MR) is 77.0 cm³/mol. The van der Waals surface area contributed by atoms with Crippen LogP contribution in [0.15, 0.2) is 24.3 Å². The van der Waals surface area contributed by atoms with Gasteiger partial charge in [0.15, 0.2) is 0 Å². The second-order valence-corrected chi connectivity index (χ2v) is 5.25. The Bertz CT molecular complexity index is 499. The van der Waals surface area contributed by atoms with Crippen molar-refractivity contribution in [3.05, 3.63) is 29.8 Å². The summed E-state index contributed by atoms with van der Waals surface area (Å²) in [6.07, 6.45) is -1.49. The van der Waals surface area contributed by atoms with Crippen LogP contribution in [0.4, 0.5) is 13.6 Å². The summed E-state index contributed by atoms with van der Waals surface area (Å²) in [5.41, 5.74) is 0.762. The highest BCUT2D eigenvalue weighted by atomic mass is 19.3. The zero-order valence-electron chi connectivity index (χ0n) is 12.2. The molecule has 122 valence electrons. The molecule has 0 radical (unpaired) electrons. The summed E-state index contributed by atoms with van der Waals surface area (Å²) in [5, 5.41) is 12.3. The van der Waals surface area contributed by atoms with Crippen LogP contribution in [0.1, 0.15) is 18.4 Å². The van der Waals surface area contributed by atoms with Gasteiger partial charge in [-0.3, -0.25) is 0 Å². The Kier molecular flexibility index (Phi) is 5.94. The number of rotatable bonds is 5. The molecule has 1 heterocycles. The quantitative estimate of drug-likeness (QED) is 0.874. The van der Waals surface area contributed by atoms with E-state index in [-0.39, 0.29) is 12.6 Å².